The van der Waals surface area contributed by atoms with E-state index in [4.69, 9.17) is 0 Å². The number of ketones is 1. The molecule has 2 heterocycles. The Balaban J connectivity index is 1.68. The van der Waals surface area contributed by atoms with Crippen molar-refractivity contribution >= 4 is 40.2 Å². The summed E-state index contributed by atoms with van der Waals surface area (Å²) >= 11 is 1.52. The predicted molar refractivity (Wildman–Crippen MR) is 130 cm³/mol. The fourth-order valence-electron chi connectivity index (χ4n) is 4.64. The highest BCUT2D eigenvalue weighted by molar-refractivity contribution is 7.10. The molecule has 0 radical (unpaired) electrons. The van der Waals surface area contributed by atoms with Gasteiger partial charge in [0.25, 0.3) is 0 Å². The van der Waals surface area contributed by atoms with E-state index in [2.05, 4.69) is 24.5 Å². The van der Waals surface area contributed by atoms with Crippen LogP contribution in [-0.4, -0.2) is 11.8 Å². The number of thiophene rings is 1. The van der Waals surface area contributed by atoms with Gasteiger partial charge in [-0.15, -0.1) is 11.3 Å². The molecule has 1 aliphatic heterocycles. The van der Waals surface area contributed by atoms with Gasteiger partial charge in [0.2, 0.25) is 0 Å². The van der Waals surface area contributed by atoms with Crippen LogP contribution in [0.4, 0.5) is 26.2 Å². The van der Waals surface area contributed by atoms with Gasteiger partial charge in [-0.05, 0) is 59.7 Å². The lowest BCUT2D eigenvalue weighted by atomic mass is 9.74. The van der Waals surface area contributed by atoms with Gasteiger partial charge < -0.3 is 10.6 Å². The van der Waals surface area contributed by atoms with E-state index in [1.165, 1.54) is 35.6 Å². The SMILES string of the molecule is CC1(C)CC(=O)C2=C(C1)Nc1ccccc1N(C(=O)Nc1ccc(F)cc1)[C@@H]2c1cccs1. The van der Waals surface area contributed by atoms with Gasteiger partial charge in [-0.25, -0.2) is 9.18 Å². The van der Waals surface area contributed by atoms with Crippen LogP contribution in [0.2, 0.25) is 0 Å². The third-order valence-corrected chi connectivity index (χ3v) is 6.95. The number of Topliss-reactive ketones (excluding diaryl/α,β-unsaturated/α-hetero) is 1. The minimum absolute atomic E-state index is 0.0412. The highest BCUT2D eigenvalue weighted by atomic mass is 32.1. The van der Waals surface area contributed by atoms with Crippen LogP contribution in [0.3, 0.4) is 0 Å². The van der Waals surface area contributed by atoms with E-state index in [1.54, 1.807) is 4.90 Å². The molecule has 0 spiro atoms. The number of carbonyl (C=O) groups excluding carboxylic acids is 2. The maximum absolute atomic E-state index is 13.7. The molecule has 1 aliphatic carbocycles. The van der Waals surface area contributed by atoms with E-state index in [0.717, 1.165) is 16.3 Å². The molecule has 2 aromatic carbocycles. The number of nitrogens with zero attached hydrogens (tertiary/aromatic N) is 1. The zero-order valence-corrected chi connectivity index (χ0v) is 19.2. The minimum atomic E-state index is -0.569. The van der Waals surface area contributed by atoms with Gasteiger partial charge in [-0.1, -0.05) is 32.0 Å². The maximum Gasteiger partial charge on any atom is 0.327 e. The number of hydrogen-bond donors (Lipinski definition) is 2. The van der Waals surface area contributed by atoms with E-state index < -0.39 is 6.04 Å². The first-order valence-corrected chi connectivity index (χ1v) is 11.7. The molecule has 2 N–H and O–H groups in total. The Bertz CT molecular complexity index is 1250. The van der Waals surface area contributed by atoms with E-state index in [0.29, 0.717) is 29.8 Å². The Labute approximate surface area is 195 Å². The van der Waals surface area contributed by atoms with Crippen LogP contribution in [0.15, 0.2) is 77.3 Å². The largest absolute Gasteiger partial charge is 0.357 e. The Morgan fingerprint density at radius 2 is 1.85 bits per heavy atom. The number of fused-ring (bicyclic) bond motifs is 1. The lowest BCUT2D eigenvalue weighted by Crippen LogP contribution is -2.41. The summed E-state index contributed by atoms with van der Waals surface area (Å²) < 4.78 is 13.4. The number of urea groups is 1. The number of benzene rings is 2. The summed E-state index contributed by atoms with van der Waals surface area (Å²) in [5.41, 5.74) is 3.23. The molecular formula is C26H24FN3O2S. The molecule has 168 valence electrons. The van der Waals surface area contributed by atoms with E-state index in [9.17, 15) is 14.0 Å². The minimum Gasteiger partial charge on any atom is -0.357 e. The molecule has 33 heavy (non-hydrogen) atoms. The van der Waals surface area contributed by atoms with Crippen LogP contribution in [0.5, 0.6) is 0 Å². The molecule has 0 saturated heterocycles. The maximum atomic E-state index is 13.7. The lowest BCUT2D eigenvalue weighted by Gasteiger charge is -2.36. The first-order chi connectivity index (χ1) is 15.8. The van der Waals surface area contributed by atoms with Crippen molar-refractivity contribution in [1.82, 2.24) is 0 Å². The first-order valence-electron chi connectivity index (χ1n) is 10.8. The zero-order chi connectivity index (χ0) is 23.2. The van der Waals surface area contributed by atoms with Crippen molar-refractivity contribution in [3.63, 3.8) is 0 Å². The average molecular weight is 462 g/mol. The Kier molecular flexibility index (Phi) is 5.29. The second kappa shape index (κ2) is 8.15. The number of rotatable bonds is 2. The van der Waals surface area contributed by atoms with Crippen LogP contribution in [-0.2, 0) is 4.79 Å². The first kappa shape index (κ1) is 21.4. The monoisotopic (exact) mass is 461 g/mol. The Hall–Kier alpha value is -3.45. The smallest absolute Gasteiger partial charge is 0.327 e. The summed E-state index contributed by atoms with van der Waals surface area (Å²) in [6.45, 7) is 4.18. The normalized spacial score (nSPS) is 19.3. The third-order valence-electron chi connectivity index (χ3n) is 6.03. The Morgan fingerprint density at radius 3 is 2.58 bits per heavy atom. The van der Waals surface area contributed by atoms with E-state index in [1.807, 2.05) is 41.8 Å². The average Bonchev–Trinajstić information content (AvgIpc) is 3.24. The van der Waals surface area contributed by atoms with Crippen LogP contribution in [0.1, 0.15) is 37.6 Å². The number of allylic oxidation sites excluding steroid dienone is 1. The molecule has 0 unspecified atom stereocenters. The van der Waals surface area contributed by atoms with Gasteiger partial charge in [-0.3, -0.25) is 9.69 Å². The highest BCUT2D eigenvalue weighted by Crippen LogP contribution is 2.49. The van der Waals surface area contributed by atoms with Crippen LogP contribution in [0.25, 0.3) is 0 Å². The van der Waals surface area contributed by atoms with Crippen LogP contribution >= 0.6 is 11.3 Å². The van der Waals surface area contributed by atoms with E-state index >= 15 is 0 Å². The van der Waals surface area contributed by atoms with Gasteiger partial charge in [-0.2, -0.15) is 0 Å². The molecule has 5 rings (SSSR count). The summed E-state index contributed by atoms with van der Waals surface area (Å²) in [6, 6.07) is 16.2. The summed E-state index contributed by atoms with van der Waals surface area (Å²) in [7, 11) is 0. The number of hydrogen-bond acceptors (Lipinski definition) is 4. The second-order valence-corrected chi connectivity index (χ2v) is 10.2. The molecule has 2 amide bonds. The van der Waals surface area contributed by atoms with Gasteiger partial charge >= 0.3 is 6.03 Å². The van der Waals surface area contributed by atoms with Crippen LogP contribution in [0, 0.1) is 11.2 Å². The molecule has 5 nitrogen and oxygen atoms in total. The Morgan fingerprint density at radius 1 is 1.09 bits per heavy atom. The predicted octanol–water partition coefficient (Wildman–Crippen LogP) is 6.74. The highest BCUT2D eigenvalue weighted by Gasteiger charge is 2.43. The standard InChI is InChI=1S/C26H24FN3O2S/c1-26(2)14-19-23(21(31)15-26)24(22-8-5-13-33-22)30(20-7-4-3-6-18(20)29-19)25(32)28-17-11-9-16(27)10-12-17/h3-13,24,29H,14-15H2,1-2H3,(H,28,32)/t24-/m1/s1. The molecule has 3 aromatic rings. The van der Waals surface area contributed by atoms with Crippen molar-refractivity contribution in [2.24, 2.45) is 5.41 Å². The van der Waals surface area contributed by atoms with Gasteiger partial charge in [0.15, 0.2) is 5.78 Å². The quantitative estimate of drug-likeness (QED) is 0.444. The molecule has 0 fully saturated rings. The van der Waals surface area contributed by atoms with Crippen LogP contribution < -0.4 is 15.5 Å². The van der Waals surface area contributed by atoms with Crippen molar-refractivity contribution < 1.29 is 14.0 Å². The van der Waals surface area contributed by atoms with Crippen molar-refractivity contribution in [2.45, 2.75) is 32.7 Å². The lowest BCUT2D eigenvalue weighted by molar-refractivity contribution is -0.118. The summed E-state index contributed by atoms with van der Waals surface area (Å²) in [5.74, 6) is -0.335. The molecule has 1 atom stereocenters. The van der Waals surface area contributed by atoms with Crippen molar-refractivity contribution in [3.05, 3.63) is 88.0 Å². The number of amides is 2. The van der Waals surface area contributed by atoms with Crippen molar-refractivity contribution in [1.29, 1.82) is 0 Å². The van der Waals surface area contributed by atoms with Crippen molar-refractivity contribution in [3.8, 4) is 0 Å². The number of halogens is 1. The van der Waals surface area contributed by atoms with E-state index in [-0.39, 0.29) is 23.0 Å². The number of carbonyl (C=O) groups is 2. The number of para-hydroxylation sites is 2. The molecule has 0 bridgehead atoms. The molecular weight excluding hydrogens is 437 g/mol. The molecule has 1 aromatic heterocycles. The third kappa shape index (κ3) is 4.04. The fraction of sp³-hybridized carbons (Fsp3) is 0.231. The van der Waals surface area contributed by atoms with Gasteiger partial charge in [0.05, 0.1) is 11.4 Å². The fourth-order valence-corrected chi connectivity index (χ4v) is 5.47. The number of nitrogens with one attached hydrogen (secondary N) is 2. The molecule has 0 saturated carbocycles. The van der Waals surface area contributed by atoms with Crippen molar-refractivity contribution in [2.75, 3.05) is 15.5 Å². The summed E-state index contributed by atoms with van der Waals surface area (Å²) in [5, 5.41) is 8.33. The number of anilines is 3. The van der Waals surface area contributed by atoms with Gasteiger partial charge in [0, 0.05) is 28.3 Å². The second-order valence-electron chi connectivity index (χ2n) is 9.20. The molecule has 2 aliphatic rings. The summed E-state index contributed by atoms with van der Waals surface area (Å²) in [4.78, 5) is 29.8. The molecule has 7 heteroatoms. The zero-order valence-electron chi connectivity index (χ0n) is 18.4. The van der Waals surface area contributed by atoms with Gasteiger partial charge in [0.1, 0.15) is 11.9 Å². The topological polar surface area (TPSA) is 61.4 Å². The summed E-state index contributed by atoms with van der Waals surface area (Å²) in [6.07, 6.45) is 1.12.